The Kier molecular flexibility index (Phi) is 2.82. The largest absolute Gasteiger partial charge is 0.316 e. The van der Waals surface area contributed by atoms with E-state index in [2.05, 4.69) is 26.2 Å². The van der Waals surface area contributed by atoms with Crippen molar-refractivity contribution in [3.63, 3.8) is 0 Å². The van der Waals surface area contributed by atoms with E-state index in [0.717, 1.165) is 25.2 Å². The van der Waals surface area contributed by atoms with E-state index >= 15 is 0 Å². The Bertz CT molecular complexity index is 205. The van der Waals surface area contributed by atoms with E-state index in [-0.39, 0.29) is 0 Å². The molecule has 3 nitrogen and oxygen atoms in total. The summed E-state index contributed by atoms with van der Waals surface area (Å²) in [6, 6.07) is 1.40. The summed E-state index contributed by atoms with van der Waals surface area (Å²) in [7, 11) is 2.07. The van der Waals surface area contributed by atoms with Gasteiger partial charge in [-0.3, -0.25) is 0 Å². The van der Waals surface area contributed by atoms with E-state index in [9.17, 15) is 5.21 Å². The smallest absolute Gasteiger partial charge is 0.0359 e. The number of nitrogens with one attached hydrogen (secondary N) is 1. The maximum atomic E-state index is 9.88. The van der Waals surface area contributed by atoms with Crippen LogP contribution in [0.1, 0.15) is 33.1 Å². The molecule has 5 atom stereocenters. The van der Waals surface area contributed by atoms with Crippen LogP contribution in [0.4, 0.5) is 0 Å². The molecule has 1 heterocycles. The van der Waals surface area contributed by atoms with Gasteiger partial charge in [0.1, 0.15) is 0 Å². The Morgan fingerprint density at radius 3 is 2.57 bits per heavy atom. The molecule has 1 saturated heterocycles. The summed E-state index contributed by atoms with van der Waals surface area (Å²) in [5.41, 5.74) is 0. The topological polar surface area (TPSA) is 35.5 Å². The molecule has 1 saturated carbocycles. The van der Waals surface area contributed by atoms with E-state index in [1.165, 1.54) is 0 Å². The van der Waals surface area contributed by atoms with E-state index < -0.39 is 0 Å². The second-order valence-corrected chi connectivity index (χ2v) is 5.14. The van der Waals surface area contributed by atoms with Crippen molar-refractivity contribution in [1.29, 1.82) is 0 Å². The number of hydrogen-bond acceptors (Lipinski definition) is 3. The Morgan fingerprint density at radius 2 is 1.93 bits per heavy atom. The molecule has 2 fully saturated rings. The van der Waals surface area contributed by atoms with Crippen molar-refractivity contribution < 1.29 is 5.21 Å². The molecule has 0 aromatic heterocycles. The molecule has 2 aliphatic rings. The van der Waals surface area contributed by atoms with Gasteiger partial charge >= 0.3 is 0 Å². The minimum atomic E-state index is 0.335. The summed E-state index contributed by atoms with van der Waals surface area (Å²) >= 11 is 0. The van der Waals surface area contributed by atoms with Crippen molar-refractivity contribution in [3.05, 3.63) is 0 Å². The monoisotopic (exact) mass is 198 g/mol. The second-order valence-electron chi connectivity index (χ2n) is 5.14. The quantitative estimate of drug-likeness (QED) is 0.670. The average Bonchev–Trinajstić information content (AvgIpc) is 2.14. The lowest BCUT2D eigenvalue weighted by Gasteiger charge is -2.49. The van der Waals surface area contributed by atoms with Crippen molar-refractivity contribution in [2.24, 2.45) is 11.8 Å². The lowest BCUT2D eigenvalue weighted by Crippen LogP contribution is -2.57. The molecule has 14 heavy (non-hydrogen) atoms. The first kappa shape index (κ1) is 10.4. The van der Waals surface area contributed by atoms with Crippen LogP contribution < -0.4 is 5.32 Å². The number of hydrogen-bond donors (Lipinski definition) is 2. The first-order valence-electron chi connectivity index (χ1n) is 5.78. The highest BCUT2D eigenvalue weighted by Gasteiger charge is 2.42. The zero-order valence-electron chi connectivity index (χ0n) is 9.40. The van der Waals surface area contributed by atoms with Crippen LogP contribution >= 0.6 is 0 Å². The van der Waals surface area contributed by atoms with Crippen molar-refractivity contribution >= 4 is 0 Å². The van der Waals surface area contributed by atoms with Crippen LogP contribution in [0.5, 0.6) is 0 Å². The summed E-state index contributed by atoms with van der Waals surface area (Å²) in [4.78, 5) is 0. The third-order valence-corrected chi connectivity index (χ3v) is 4.14. The molecule has 1 aliphatic carbocycles. The number of piperidine rings is 1. The molecule has 2 bridgehead atoms. The van der Waals surface area contributed by atoms with Crippen LogP contribution in [0.15, 0.2) is 0 Å². The summed E-state index contributed by atoms with van der Waals surface area (Å²) < 4.78 is 0. The Balaban J connectivity index is 2.11. The van der Waals surface area contributed by atoms with E-state index in [4.69, 9.17) is 0 Å². The molecule has 0 aromatic carbocycles. The van der Waals surface area contributed by atoms with Crippen molar-refractivity contribution in [2.45, 2.75) is 51.2 Å². The highest BCUT2D eigenvalue weighted by atomic mass is 16.5. The number of fused-ring (bicyclic) bond motifs is 2. The summed E-state index contributed by atoms with van der Waals surface area (Å²) in [5.74, 6) is 1.44. The molecular formula is C11H22N2O. The standard InChI is InChI=1S/C11H22N2O/c1-7-4-10-6-9(11(7)12-3)5-8(2)13(10)14/h7-12,14H,4-6H2,1-3H3. The van der Waals surface area contributed by atoms with Crippen molar-refractivity contribution in [3.8, 4) is 0 Å². The fourth-order valence-electron chi connectivity index (χ4n) is 3.52. The summed E-state index contributed by atoms with van der Waals surface area (Å²) in [6.45, 7) is 4.42. The minimum absolute atomic E-state index is 0.335. The van der Waals surface area contributed by atoms with Crippen molar-refractivity contribution in [1.82, 2.24) is 10.4 Å². The van der Waals surface area contributed by atoms with Gasteiger partial charge in [-0.1, -0.05) is 6.92 Å². The van der Waals surface area contributed by atoms with Gasteiger partial charge in [0.05, 0.1) is 0 Å². The molecule has 3 heteroatoms. The van der Waals surface area contributed by atoms with Crippen molar-refractivity contribution in [2.75, 3.05) is 7.05 Å². The molecule has 0 spiro atoms. The van der Waals surface area contributed by atoms with Crippen LogP contribution in [-0.2, 0) is 0 Å². The molecule has 2 N–H and O–H groups in total. The zero-order valence-corrected chi connectivity index (χ0v) is 9.40. The minimum Gasteiger partial charge on any atom is -0.316 e. The van der Waals surface area contributed by atoms with Gasteiger partial charge < -0.3 is 10.5 Å². The predicted molar refractivity (Wildman–Crippen MR) is 56.2 cm³/mol. The predicted octanol–water partition coefficient (Wildman–Crippen LogP) is 1.47. The van der Waals surface area contributed by atoms with Gasteiger partial charge in [-0.15, -0.1) is 0 Å². The normalized spacial score (nSPS) is 49.3. The molecule has 82 valence electrons. The fourth-order valence-corrected chi connectivity index (χ4v) is 3.52. The van der Waals surface area contributed by atoms with Crippen LogP contribution in [0, 0.1) is 11.8 Å². The number of rotatable bonds is 1. The maximum absolute atomic E-state index is 9.88. The zero-order chi connectivity index (χ0) is 10.3. The van der Waals surface area contributed by atoms with E-state index in [1.54, 1.807) is 5.06 Å². The highest BCUT2D eigenvalue weighted by Crippen LogP contribution is 2.39. The van der Waals surface area contributed by atoms with Gasteiger partial charge in [-0.05, 0) is 45.1 Å². The van der Waals surface area contributed by atoms with Gasteiger partial charge in [0.15, 0.2) is 0 Å². The molecule has 0 radical (unpaired) electrons. The molecule has 5 unspecified atom stereocenters. The third-order valence-electron chi connectivity index (χ3n) is 4.14. The van der Waals surface area contributed by atoms with Gasteiger partial charge in [0, 0.05) is 18.1 Å². The second kappa shape index (κ2) is 3.80. The van der Waals surface area contributed by atoms with Gasteiger partial charge in [-0.2, -0.15) is 5.06 Å². The number of nitrogens with zero attached hydrogens (tertiary/aromatic N) is 1. The molecular weight excluding hydrogens is 176 g/mol. The summed E-state index contributed by atoms with van der Waals surface area (Å²) in [6.07, 6.45) is 3.42. The maximum Gasteiger partial charge on any atom is 0.0359 e. The molecule has 2 rings (SSSR count). The van der Waals surface area contributed by atoms with Crippen LogP contribution in [0.2, 0.25) is 0 Å². The first-order chi connectivity index (χ1) is 6.63. The summed E-state index contributed by atoms with van der Waals surface area (Å²) in [5, 5.41) is 14.9. The van der Waals surface area contributed by atoms with Crippen LogP contribution in [0.3, 0.4) is 0 Å². The average molecular weight is 198 g/mol. The molecule has 1 aliphatic heterocycles. The Hall–Kier alpha value is -0.120. The van der Waals surface area contributed by atoms with Crippen LogP contribution in [-0.4, -0.2) is 35.4 Å². The number of hydroxylamine groups is 2. The SMILES string of the molecule is CNC1C(C)CC2CC1CC(C)N2O. The van der Waals surface area contributed by atoms with Gasteiger partial charge in [0.2, 0.25) is 0 Å². The lowest BCUT2D eigenvalue weighted by molar-refractivity contribution is -0.199. The molecule has 0 amide bonds. The van der Waals surface area contributed by atoms with Gasteiger partial charge in [-0.25, -0.2) is 0 Å². The Labute approximate surface area is 86.4 Å². The fraction of sp³-hybridized carbons (Fsp3) is 1.00. The van der Waals surface area contributed by atoms with Crippen LogP contribution in [0.25, 0.3) is 0 Å². The van der Waals surface area contributed by atoms with E-state index in [1.807, 2.05) is 0 Å². The highest BCUT2D eigenvalue weighted by molar-refractivity contribution is 4.96. The third kappa shape index (κ3) is 1.58. The Morgan fingerprint density at radius 1 is 1.21 bits per heavy atom. The first-order valence-corrected chi connectivity index (χ1v) is 5.78. The lowest BCUT2D eigenvalue weighted by atomic mass is 9.70. The molecule has 0 aromatic rings. The van der Waals surface area contributed by atoms with E-state index in [0.29, 0.717) is 24.0 Å². The van der Waals surface area contributed by atoms with Gasteiger partial charge in [0.25, 0.3) is 0 Å².